The van der Waals surface area contributed by atoms with E-state index < -0.39 is 0 Å². The molecule has 1 N–H and O–H groups in total. The van der Waals surface area contributed by atoms with E-state index in [1.807, 2.05) is 19.5 Å². The molecular weight excluding hydrogens is 262 g/mol. The van der Waals surface area contributed by atoms with Gasteiger partial charge >= 0.3 is 0 Å². The summed E-state index contributed by atoms with van der Waals surface area (Å²) < 4.78 is 8.03. The maximum Gasteiger partial charge on any atom is 0.108 e. The van der Waals surface area contributed by atoms with Crippen LogP contribution in [0, 0.1) is 5.92 Å². The Morgan fingerprint density at radius 2 is 2.14 bits per heavy atom. The van der Waals surface area contributed by atoms with Crippen LogP contribution in [-0.4, -0.2) is 35.4 Å². The zero-order chi connectivity index (χ0) is 15.1. The first-order chi connectivity index (χ1) is 10.3. The van der Waals surface area contributed by atoms with Gasteiger partial charge in [0.1, 0.15) is 5.82 Å². The summed E-state index contributed by atoms with van der Waals surface area (Å²) >= 11 is 0. The van der Waals surface area contributed by atoms with Gasteiger partial charge in [0.05, 0.1) is 6.10 Å². The summed E-state index contributed by atoms with van der Waals surface area (Å²) in [5, 5.41) is 3.65. The fourth-order valence-corrected chi connectivity index (χ4v) is 3.71. The van der Waals surface area contributed by atoms with E-state index >= 15 is 0 Å². The summed E-state index contributed by atoms with van der Waals surface area (Å²) in [5.41, 5.74) is 0. The summed E-state index contributed by atoms with van der Waals surface area (Å²) in [6, 6.07) is 0.430. The molecule has 2 unspecified atom stereocenters. The lowest BCUT2D eigenvalue weighted by Crippen LogP contribution is -2.46. The second-order valence-corrected chi connectivity index (χ2v) is 6.26. The van der Waals surface area contributed by atoms with Crippen LogP contribution >= 0.6 is 0 Å². The molecule has 1 aromatic rings. The van der Waals surface area contributed by atoms with E-state index in [1.54, 1.807) is 0 Å². The molecule has 0 aromatic carbocycles. The summed E-state index contributed by atoms with van der Waals surface area (Å²) in [6.45, 7) is 3.18. The molecule has 1 aliphatic rings. The smallest absolute Gasteiger partial charge is 0.108 e. The maximum atomic E-state index is 5.91. The first-order valence-electron chi connectivity index (χ1n) is 8.48. The second-order valence-electron chi connectivity index (χ2n) is 6.26. The predicted molar refractivity (Wildman–Crippen MR) is 86.4 cm³/mol. The van der Waals surface area contributed by atoms with Gasteiger partial charge in [-0.2, -0.15) is 0 Å². The van der Waals surface area contributed by atoms with Crippen molar-refractivity contribution in [2.24, 2.45) is 13.0 Å². The third kappa shape index (κ3) is 4.55. The van der Waals surface area contributed by atoms with Gasteiger partial charge in [0.15, 0.2) is 0 Å². The number of imidazole rings is 1. The highest BCUT2D eigenvalue weighted by molar-refractivity contribution is 4.94. The lowest BCUT2D eigenvalue weighted by molar-refractivity contribution is 0.00644. The van der Waals surface area contributed by atoms with E-state index in [0.29, 0.717) is 18.1 Å². The minimum absolute atomic E-state index is 0.338. The van der Waals surface area contributed by atoms with Crippen LogP contribution in [0.1, 0.15) is 51.3 Å². The molecule has 1 aromatic heterocycles. The van der Waals surface area contributed by atoms with Gasteiger partial charge in [-0.3, -0.25) is 0 Å². The lowest BCUT2D eigenvalue weighted by atomic mass is 9.81. The quantitative estimate of drug-likeness (QED) is 0.801. The molecule has 0 saturated heterocycles. The van der Waals surface area contributed by atoms with E-state index in [-0.39, 0.29) is 0 Å². The highest BCUT2D eigenvalue weighted by Gasteiger charge is 2.30. The van der Waals surface area contributed by atoms with Gasteiger partial charge in [-0.1, -0.05) is 26.2 Å². The van der Waals surface area contributed by atoms with Gasteiger partial charge in [0, 0.05) is 39.0 Å². The van der Waals surface area contributed by atoms with Crippen LogP contribution < -0.4 is 5.32 Å². The Balaban J connectivity index is 1.96. The van der Waals surface area contributed by atoms with E-state index in [2.05, 4.69) is 28.8 Å². The predicted octanol–water partition coefficient (Wildman–Crippen LogP) is 2.93. The number of hydrogen-bond acceptors (Lipinski definition) is 3. The highest BCUT2D eigenvalue weighted by Crippen LogP contribution is 2.30. The number of nitrogens with zero attached hydrogens (tertiary/aromatic N) is 2. The van der Waals surface area contributed by atoms with Gasteiger partial charge in [-0.05, 0) is 31.7 Å². The van der Waals surface area contributed by atoms with Gasteiger partial charge in [0.2, 0.25) is 0 Å². The van der Waals surface area contributed by atoms with E-state index in [0.717, 1.165) is 25.2 Å². The average molecular weight is 293 g/mol. The molecule has 1 heterocycles. The Hall–Kier alpha value is -0.870. The monoisotopic (exact) mass is 293 g/mol. The SMILES string of the molecule is CCNC(CCc1nccn1C)C(OC)C1CCCCC1. The van der Waals surface area contributed by atoms with Crippen LogP contribution in [0.3, 0.4) is 0 Å². The molecule has 2 atom stereocenters. The minimum atomic E-state index is 0.338. The van der Waals surface area contributed by atoms with Gasteiger partial charge in [-0.25, -0.2) is 4.98 Å². The largest absolute Gasteiger partial charge is 0.380 e. The molecule has 4 heteroatoms. The molecule has 0 spiro atoms. The fourth-order valence-electron chi connectivity index (χ4n) is 3.71. The summed E-state index contributed by atoms with van der Waals surface area (Å²) in [5.74, 6) is 1.88. The average Bonchev–Trinajstić information content (AvgIpc) is 2.92. The molecule has 1 fully saturated rings. The number of rotatable bonds is 8. The summed E-state index contributed by atoms with van der Waals surface area (Å²) in [7, 11) is 3.95. The molecule has 21 heavy (non-hydrogen) atoms. The van der Waals surface area contributed by atoms with E-state index in [9.17, 15) is 0 Å². The van der Waals surface area contributed by atoms with Crippen molar-refractivity contribution in [1.82, 2.24) is 14.9 Å². The zero-order valence-electron chi connectivity index (χ0n) is 13.8. The van der Waals surface area contributed by atoms with Crippen molar-refractivity contribution in [2.75, 3.05) is 13.7 Å². The molecule has 120 valence electrons. The summed E-state index contributed by atoms with van der Waals surface area (Å²) in [4.78, 5) is 4.44. The van der Waals surface area contributed by atoms with Crippen LogP contribution in [0.5, 0.6) is 0 Å². The number of hydrogen-bond donors (Lipinski definition) is 1. The Kier molecular flexibility index (Phi) is 6.71. The number of methoxy groups -OCH3 is 1. The minimum Gasteiger partial charge on any atom is -0.380 e. The van der Waals surface area contributed by atoms with Crippen LogP contribution in [0.15, 0.2) is 12.4 Å². The Morgan fingerprint density at radius 3 is 2.71 bits per heavy atom. The van der Waals surface area contributed by atoms with Gasteiger partial charge < -0.3 is 14.6 Å². The van der Waals surface area contributed by atoms with Crippen molar-refractivity contribution in [2.45, 2.75) is 64.0 Å². The molecule has 0 radical (unpaired) electrons. The molecular formula is C17H31N3O. The fraction of sp³-hybridized carbons (Fsp3) is 0.824. The molecule has 2 rings (SSSR count). The maximum absolute atomic E-state index is 5.91. The summed E-state index contributed by atoms with van der Waals surface area (Å²) in [6.07, 6.45) is 13.1. The van der Waals surface area contributed by atoms with Crippen molar-refractivity contribution in [1.29, 1.82) is 0 Å². The molecule has 0 aliphatic heterocycles. The van der Waals surface area contributed by atoms with Crippen molar-refractivity contribution in [3.05, 3.63) is 18.2 Å². The number of aromatic nitrogens is 2. The normalized spacial score (nSPS) is 19.6. The van der Waals surface area contributed by atoms with Crippen molar-refractivity contribution >= 4 is 0 Å². The Bertz CT molecular complexity index is 398. The van der Waals surface area contributed by atoms with Crippen LogP contribution in [0.4, 0.5) is 0 Å². The van der Waals surface area contributed by atoms with Crippen LogP contribution in [0.25, 0.3) is 0 Å². The lowest BCUT2D eigenvalue weighted by Gasteiger charge is -2.35. The van der Waals surface area contributed by atoms with Crippen molar-refractivity contribution < 1.29 is 4.74 Å². The van der Waals surface area contributed by atoms with Crippen molar-refractivity contribution in [3.8, 4) is 0 Å². The van der Waals surface area contributed by atoms with Crippen LogP contribution in [-0.2, 0) is 18.2 Å². The highest BCUT2D eigenvalue weighted by atomic mass is 16.5. The number of likely N-dealkylation sites (N-methyl/N-ethyl adjacent to an activating group) is 1. The zero-order valence-corrected chi connectivity index (χ0v) is 13.8. The van der Waals surface area contributed by atoms with Gasteiger partial charge in [0.25, 0.3) is 0 Å². The first kappa shape index (κ1) is 16.5. The molecule has 0 bridgehead atoms. The number of ether oxygens (including phenoxy) is 1. The number of nitrogens with one attached hydrogen (secondary N) is 1. The van der Waals surface area contributed by atoms with Crippen LogP contribution in [0.2, 0.25) is 0 Å². The second kappa shape index (κ2) is 8.54. The third-order valence-electron chi connectivity index (χ3n) is 4.85. The Labute approximate surface area is 129 Å². The topological polar surface area (TPSA) is 39.1 Å². The molecule has 4 nitrogen and oxygen atoms in total. The Morgan fingerprint density at radius 1 is 1.38 bits per heavy atom. The van der Waals surface area contributed by atoms with E-state index in [4.69, 9.17) is 4.74 Å². The third-order valence-corrected chi connectivity index (χ3v) is 4.85. The molecule has 1 saturated carbocycles. The number of aryl methyl sites for hydroxylation is 2. The van der Waals surface area contributed by atoms with Crippen molar-refractivity contribution in [3.63, 3.8) is 0 Å². The standard InChI is InChI=1S/C17H31N3O/c1-4-18-15(10-11-16-19-12-13-20(16)2)17(21-3)14-8-6-5-7-9-14/h12-15,17-18H,4-11H2,1-3H3. The molecule has 1 aliphatic carbocycles. The first-order valence-corrected chi connectivity index (χ1v) is 8.48. The van der Waals surface area contributed by atoms with Gasteiger partial charge in [-0.15, -0.1) is 0 Å². The molecule has 0 amide bonds. The van der Waals surface area contributed by atoms with E-state index in [1.165, 1.54) is 32.1 Å².